The smallest absolute Gasteiger partial charge is 0.311 e. The molecule has 0 saturated carbocycles. The summed E-state index contributed by atoms with van der Waals surface area (Å²) in [6.07, 6.45) is -0.520. The second-order valence-electron chi connectivity index (χ2n) is 16.6. The standard InChI is InChI=1S/C45H56Br2O6Si/c1-32-26-39(50-29-34-20-24-36(47)25-21-34)41(30-49-28-33-18-22-35(46)23-19-33)52-42(40(27-32)53-43(48)44(2,3)4)31-51-54(45(5,6)7,37-14-10-8-11-15-37)38-16-12-9-13-17-38/h8-25,32,39-42H,26-31H2,1-7H3/t32-,39+,40-,41-,42+/m1/s1. The van der Waals surface area contributed by atoms with Gasteiger partial charge in [0.25, 0.3) is 8.32 Å². The van der Waals surface area contributed by atoms with Gasteiger partial charge in [-0.25, -0.2) is 0 Å². The highest BCUT2D eigenvalue weighted by molar-refractivity contribution is 9.10. The molecule has 54 heavy (non-hydrogen) atoms. The van der Waals surface area contributed by atoms with Gasteiger partial charge in [-0.1, -0.05) is 144 Å². The molecular weight excluding hydrogens is 824 g/mol. The van der Waals surface area contributed by atoms with Crippen LogP contribution >= 0.6 is 31.9 Å². The normalized spacial score (nSPS) is 21.2. The van der Waals surface area contributed by atoms with Crippen molar-refractivity contribution in [2.75, 3.05) is 13.2 Å². The zero-order chi connectivity index (χ0) is 38.9. The number of hydrogen-bond donors (Lipinski definition) is 0. The van der Waals surface area contributed by atoms with E-state index in [0.717, 1.165) is 20.1 Å². The van der Waals surface area contributed by atoms with E-state index >= 15 is 0 Å². The maximum absolute atomic E-state index is 13.6. The van der Waals surface area contributed by atoms with E-state index in [9.17, 15) is 4.79 Å². The highest BCUT2D eigenvalue weighted by atomic mass is 79.9. The maximum Gasteiger partial charge on any atom is 0.311 e. The lowest BCUT2D eigenvalue weighted by Crippen LogP contribution is -2.67. The zero-order valence-corrected chi connectivity index (χ0v) is 36.9. The van der Waals surface area contributed by atoms with Gasteiger partial charge in [-0.15, -0.1) is 0 Å². The molecular formula is C45H56Br2O6Si. The molecule has 6 nitrogen and oxygen atoms in total. The van der Waals surface area contributed by atoms with E-state index in [-0.39, 0.29) is 29.6 Å². The molecule has 0 aliphatic carbocycles. The summed E-state index contributed by atoms with van der Waals surface area (Å²) in [5.74, 6) is -0.101. The number of carbonyl (C=O) groups excluding carboxylic acids is 1. The molecule has 1 fully saturated rings. The van der Waals surface area contributed by atoms with Crippen molar-refractivity contribution in [3.8, 4) is 0 Å². The van der Waals surface area contributed by atoms with Crippen LogP contribution in [0.25, 0.3) is 0 Å². The Hall–Kier alpha value is -2.63. The van der Waals surface area contributed by atoms with Crippen molar-refractivity contribution in [1.82, 2.24) is 0 Å². The first-order chi connectivity index (χ1) is 25.7. The molecule has 4 aromatic rings. The molecule has 0 N–H and O–H groups in total. The van der Waals surface area contributed by atoms with Crippen LogP contribution in [-0.2, 0) is 41.4 Å². The van der Waals surface area contributed by atoms with Crippen molar-refractivity contribution in [2.45, 2.75) is 104 Å². The minimum absolute atomic E-state index is 0.158. The van der Waals surface area contributed by atoms with Gasteiger partial charge in [-0.3, -0.25) is 4.79 Å². The quantitative estimate of drug-likeness (QED) is 0.0985. The second kappa shape index (κ2) is 19.0. The van der Waals surface area contributed by atoms with Gasteiger partial charge in [-0.05, 0) is 90.3 Å². The molecule has 5 atom stereocenters. The maximum atomic E-state index is 13.6. The Bertz CT molecular complexity index is 1700. The van der Waals surface area contributed by atoms with Crippen molar-refractivity contribution in [3.63, 3.8) is 0 Å². The molecule has 0 aromatic heterocycles. The number of halogens is 2. The van der Waals surface area contributed by atoms with Gasteiger partial charge in [0.2, 0.25) is 0 Å². The lowest BCUT2D eigenvalue weighted by atomic mass is 9.90. The fraction of sp³-hybridized carbons (Fsp3) is 0.444. The van der Waals surface area contributed by atoms with Gasteiger partial charge in [0.15, 0.2) is 0 Å². The topological polar surface area (TPSA) is 63.2 Å². The van der Waals surface area contributed by atoms with Crippen LogP contribution in [0.2, 0.25) is 5.04 Å². The number of rotatable bonds is 13. The third-order valence-corrected chi connectivity index (χ3v) is 16.1. The van der Waals surface area contributed by atoms with E-state index in [1.165, 1.54) is 10.4 Å². The van der Waals surface area contributed by atoms with Crippen LogP contribution in [0.15, 0.2) is 118 Å². The highest BCUT2D eigenvalue weighted by Gasteiger charge is 2.51. The van der Waals surface area contributed by atoms with E-state index in [1.807, 2.05) is 57.2 Å². The SMILES string of the molecule is C[C@@H]1C[C@H](OCc2ccc(Br)cc2)[C@@H](COCc2ccc(Br)cc2)O[C@@H](CO[Si](c2ccccc2)(c2ccccc2)C(C)(C)C)[C@H](OC(=O)C(C)(C)C)C1. The van der Waals surface area contributed by atoms with Gasteiger partial charge in [0.05, 0.1) is 37.9 Å². The lowest BCUT2D eigenvalue weighted by molar-refractivity contribution is -0.199. The zero-order valence-electron chi connectivity index (χ0n) is 32.7. The molecule has 0 spiro atoms. The molecule has 1 saturated heterocycles. The van der Waals surface area contributed by atoms with Gasteiger partial charge < -0.3 is 23.4 Å². The average Bonchev–Trinajstić information content (AvgIpc) is 3.13. The first kappa shape index (κ1) is 42.5. The summed E-state index contributed by atoms with van der Waals surface area (Å²) in [6.45, 7) is 16.1. The van der Waals surface area contributed by atoms with Crippen molar-refractivity contribution in [2.24, 2.45) is 11.3 Å². The van der Waals surface area contributed by atoms with Crippen LogP contribution in [0.1, 0.15) is 72.4 Å². The summed E-state index contributed by atoms with van der Waals surface area (Å²) in [4.78, 5) is 13.6. The number of esters is 1. The molecule has 9 heteroatoms. The van der Waals surface area contributed by atoms with Crippen LogP contribution in [0.5, 0.6) is 0 Å². The van der Waals surface area contributed by atoms with Crippen LogP contribution < -0.4 is 10.4 Å². The van der Waals surface area contributed by atoms with Gasteiger partial charge in [-0.2, -0.15) is 0 Å². The van der Waals surface area contributed by atoms with Crippen LogP contribution in [0.4, 0.5) is 0 Å². The van der Waals surface area contributed by atoms with Gasteiger partial charge in [0, 0.05) is 8.95 Å². The van der Waals surface area contributed by atoms with E-state index in [4.69, 9.17) is 23.4 Å². The summed E-state index contributed by atoms with van der Waals surface area (Å²) < 4.78 is 36.3. The van der Waals surface area contributed by atoms with E-state index < -0.39 is 32.0 Å². The number of carbonyl (C=O) groups is 1. The molecule has 5 rings (SSSR count). The van der Waals surface area contributed by atoms with E-state index in [2.05, 4.69) is 132 Å². The van der Waals surface area contributed by atoms with E-state index in [0.29, 0.717) is 32.7 Å². The largest absolute Gasteiger partial charge is 0.459 e. The third-order valence-electron chi connectivity index (χ3n) is 10.0. The molecule has 1 aliphatic heterocycles. The predicted octanol–water partition coefficient (Wildman–Crippen LogP) is 10.0. The minimum atomic E-state index is -2.95. The summed E-state index contributed by atoms with van der Waals surface area (Å²) in [5, 5.41) is 2.11. The number of hydrogen-bond acceptors (Lipinski definition) is 6. The first-order valence-corrected chi connectivity index (χ1v) is 22.4. The van der Waals surface area contributed by atoms with Gasteiger partial charge in [0.1, 0.15) is 18.3 Å². The van der Waals surface area contributed by atoms with Crippen LogP contribution in [-0.4, -0.2) is 51.9 Å². The minimum Gasteiger partial charge on any atom is -0.459 e. The Morgan fingerprint density at radius 3 is 1.67 bits per heavy atom. The van der Waals surface area contributed by atoms with Crippen molar-refractivity contribution in [3.05, 3.63) is 129 Å². The number of ether oxygens (including phenoxy) is 4. The summed E-state index contributed by atoms with van der Waals surface area (Å²) in [6, 6.07) is 37.5. The monoisotopic (exact) mass is 878 g/mol. The van der Waals surface area contributed by atoms with Gasteiger partial charge >= 0.3 is 5.97 Å². The molecule has 290 valence electrons. The second-order valence-corrected chi connectivity index (χ2v) is 22.7. The third kappa shape index (κ3) is 11.2. The molecule has 0 radical (unpaired) electrons. The number of benzene rings is 4. The Balaban J connectivity index is 1.52. The molecule has 0 bridgehead atoms. The molecule has 1 heterocycles. The highest BCUT2D eigenvalue weighted by Crippen LogP contribution is 2.38. The Labute approximate surface area is 340 Å². The van der Waals surface area contributed by atoms with Crippen LogP contribution in [0.3, 0.4) is 0 Å². The molecule has 1 aliphatic rings. The van der Waals surface area contributed by atoms with Crippen molar-refractivity contribution >= 4 is 56.5 Å². The van der Waals surface area contributed by atoms with Crippen molar-refractivity contribution < 1.29 is 28.2 Å². The molecule has 0 amide bonds. The summed E-state index contributed by atoms with van der Waals surface area (Å²) >= 11 is 7.08. The molecule has 4 aromatic carbocycles. The Kier molecular flexibility index (Phi) is 15.0. The summed E-state index contributed by atoms with van der Waals surface area (Å²) in [7, 11) is -2.95. The van der Waals surface area contributed by atoms with Crippen molar-refractivity contribution in [1.29, 1.82) is 0 Å². The Morgan fingerprint density at radius 1 is 0.685 bits per heavy atom. The van der Waals surface area contributed by atoms with E-state index in [1.54, 1.807) is 0 Å². The summed E-state index contributed by atoms with van der Waals surface area (Å²) in [5.41, 5.74) is 1.46. The lowest BCUT2D eigenvalue weighted by Gasteiger charge is -2.45. The fourth-order valence-electron chi connectivity index (χ4n) is 7.13. The molecule has 0 unspecified atom stereocenters. The first-order valence-electron chi connectivity index (χ1n) is 19.0. The predicted molar refractivity (Wildman–Crippen MR) is 226 cm³/mol. The fourth-order valence-corrected chi connectivity index (χ4v) is 12.2. The van der Waals surface area contributed by atoms with Crippen LogP contribution in [0, 0.1) is 11.3 Å². The Morgan fingerprint density at radius 2 is 1.17 bits per heavy atom. The average molecular weight is 881 g/mol.